The molecule has 1 saturated heterocycles. The first kappa shape index (κ1) is 32.7. The Hall–Kier alpha value is -4.83. The van der Waals surface area contributed by atoms with Crippen molar-refractivity contribution >= 4 is 29.7 Å². The molecule has 0 aromatic heterocycles. The third-order valence-electron chi connectivity index (χ3n) is 6.81. The van der Waals surface area contributed by atoms with Crippen LogP contribution in [0.5, 0.6) is 0 Å². The van der Waals surface area contributed by atoms with Crippen molar-refractivity contribution in [1.82, 2.24) is 4.90 Å². The SMILES string of the molecule is C[C@H]1CN(Cc2ccccc2)CCC1=O.Cc1ccc(C(=O)O[C@H](C(=O)O)[C@@H](OC(=O)c2ccc(C)cc2)C(=O)O)cc1. The molecule has 10 heteroatoms. The number of carbonyl (C=O) groups is 5. The standard InChI is InChI=1S/C20H18O8.C13H17NO/c1-11-3-7-13(8-4-11)19(25)27-15(17(21)22)16(18(23)24)28-20(26)14-9-5-12(2)6-10-14;1-11-9-14(8-7-13(11)15)10-12-5-3-2-4-6-12/h3-10,15-16H,1-2H3,(H,21,22)(H,23,24);2-6,11H,7-10H2,1H3/t15-,16+;11-/m.0/s1. The maximum atomic E-state index is 12.2. The Labute approximate surface area is 249 Å². The first-order valence-corrected chi connectivity index (χ1v) is 13.7. The highest BCUT2D eigenvalue weighted by Crippen LogP contribution is 2.16. The van der Waals surface area contributed by atoms with Gasteiger partial charge < -0.3 is 19.7 Å². The van der Waals surface area contributed by atoms with Crippen molar-refractivity contribution in [2.75, 3.05) is 13.1 Å². The Morgan fingerprint density at radius 2 is 1.21 bits per heavy atom. The van der Waals surface area contributed by atoms with Crippen LogP contribution >= 0.6 is 0 Å². The molecule has 10 nitrogen and oxygen atoms in total. The molecule has 0 bridgehead atoms. The minimum atomic E-state index is -2.22. The second kappa shape index (κ2) is 15.4. The summed E-state index contributed by atoms with van der Waals surface area (Å²) in [6.07, 6.45) is -3.73. The van der Waals surface area contributed by atoms with Gasteiger partial charge in [0.05, 0.1) is 11.1 Å². The van der Waals surface area contributed by atoms with E-state index < -0.39 is 36.1 Å². The van der Waals surface area contributed by atoms with Gasteiger partial charge in [0.25, 0.3) is 0 Å². The number of hydrogen-bond acceptors (Lipinski definition) is 8. The number of piperidine rings is 1. The Morgan fingerprint density at radius 3 is 1.60 bits per heavy atom. The number of likely N-dealkylation sites (tertiary alicyclic amines) is 1. The lowest BCUT2D eigenvalue weighted by atomic mass is 9.98. The molecule has 1 fully saturated rings. The monoisotopic (exact) mass is 589 g/mol. The maximum absolute atomic E-state index is 12.2. The van der Waals surface area contributed by atoms with Gasteiger partial charge in [-0.1, -0.05) is 72.6 Å². The zero-order valence-corrected chi connectivity index (χ0v) is 24.3. The van der Waals surface area contributed by atoms with Gasteiger partial charge in [0.1, 0.15) is 5.78 Å². The summed E-state index contributed by atoms with van der Waals surface area (Å²) in [5.41, 5.74) is 3.12. The highest BCUT2D eigenvalue weighted by atomic mass is 16.6. The van der Waals surface area contributed by atoms with Crippen molar-refractivity contribution in [3.05, 3.63) is 107 Å². The molecule has 1 heterocycles. The largest absolute Gasteiger partial charge is 0.478 e. The number of aliphatic carboxylic acids is 2. The van der Waals surface area contributed by atoms with Crippen LogP contribution in [0.4, 0.5) is 0 Å². The number of ketones is 1. The van der Waals surface area contributed by atoms with Crippen molar-refractivity contribution in [1.29, 1.82) is 0 Å². The summed E-state index contributed by atoms with van der Waals surface area (Å²) in [5, 5.41) is 18.6. The van der Waals surface area contributed by atoms with Crippen LogP contribution in [0.25, 0.3) is 0 Å². The second-order valence-electron chi connectivity index (χ2n) is 10.4. The molecule has 0 spiro atoms. The molecule has 0 saturated carbocycles. The van der Waals surface area contributed by atoms with Crippen molar-refractivity contribution in [2.24, 2.45) is 5.92 Å². The summed E-state index contributed by atoms with van der Waals surface area (Å²) in [6, 6.07) is 22.5. The predicted octanol–water partition coefficient (Wildman–Crippen LogP) is 4.32. The number of aryl methyl sites for hydroxylation is 2. The van der Waals surface area contributed by atoms with Gasteiger partial charge in [-0.2, -0.15) is 0 Å². The minimum Gasteiger partial charge on any atom is -0.478 e. The summed E-state index contributed by atoms with van der Waals surface area (Å²) in [5.74, 6) is -4.99. The Morgan fingerprint density at radius 1 is 0.767 bits per heavy atom. The van der Waals surface area contributed by atoms with E-state index in [4.69, 9.17) is 9.47 Å². The molecule has 226 valence electrons. The van der Waals surface area contributed by atoms with E-state index in [0.29, 0.717) is 12.2 Å². The van der Waals surface area contributed by atoms with E-state index in [1.165, 1.54) is 29.8 Å². The van der Waals surface area contributed by atoms with E-state index in [-0.39, 0.29) is 17.0 Å². The fourth-order valence-corrected chi connectivity index (χ4v) is 4.31. The number of esters is 2. The number of Topliss-reactive ketones (excluding diaryl/α,β-unsaturated/α-hetero) is 1. The molecule has 1 aliphatic heterocycles. The molecule has 3 aromatic rings. The molecule has 43 heavy (non-hydrogen) atoms. The molecule has 0 unspecified atom stereocenters. The summed E-state index contributed by atoms with van der Waals surface area (Å²) in [6.45, 7) is 8.41. The normalized spacial score (nSPS) is 16.2. The average molecular weight is 590 g/mol. The van der Waals surface area contributed by atoms with Gasteiger partial charge >= 0.3 is 23.9 Å². The third kappa shape index (κ3) is 9.89. The van der Waals surface area contributed by atoms with E-state index in [9.17, 15) is 34.2 Å². The molecule has 0 aliphatic carbocycles. The van der Waals surface area contributed by atoms with Crippen LogP contribution in [0.15, 0.2) is 78.9 Å². The molecule has 2 N–H and O–H groups in total. The third-order valence-corrected chi connectivity index (χ3v) is 6.81. The lowest BCUT2D eigenvalue weighted by Crippen LogP contribution is -2.45. The van der Waals surface area contributed by atoms with Crippen molar-refractivity contribution in [3.8, 4) is 0 Å². The van der Waals surface area contributed by atoms with E-state index >= 15 is 0 Å². The number of ether oxygens (including phenoxy) is 2. The second-order valence-corrected chi connectivity index (χ2v) is 10.4. The van der Waals surface area contributed by atoms with Crippen molar-refractivity contribution < 1.29 is 43.7 Å². The fraction of sp³-hybridized carbons (Fsp3) is 0.303. The Kier molecular flexibility index (Phi) is 11.7. The topological polar surface area (TPSA) is 148 Å². The van der Waals surface area contributed by atoms with Crippen molar-refractivity contribution in [2.45, 2.75) is 45.9 Å². The van der Waals surface area contributed by atoms with Crippen molar-refractivity contribution in [3.63, 3.8) is 0 Å². The quantitative estimate of drug-likeness (QED) is 0.346. The van der Waals surface area contributed by atoms with Gasteiger partial charge in [0.2, 0.25) is 12.2 Å². The number of benzene rings is 3. The first-order valence-electron chi connectivity index (χ1n) is 13.7. The minimum absolute atomic E-state index is 0.0332. The molecular weight excluding hydrogens is 554 g/mol. The molecule has 1 aliphatic rings. The summed E-state index contributed by atoms with van der Waals surface area (Å²) >= 11 is 0. The fourth-order valence-electron chi connectivity index (χ4n) is 4.31. The van der Waals surface area contributed by atoms with E-state index in [1.807, 2.05) is 13.0 Å². The predicted molar refractivity (Wildman–Crippen MR) is 157 cm³/mol. The number of nitrogens with zero attached hydrogens (tertiary/aromatic N) is 1. The average Bonchev–Trinajstić information content (AvgIpc) is 2.98. The van der Waals surface area contributed by atoms with E-state index in [0.717, 1.165) is 30.8 Å². The first-order chi connectivity index (χ1) is 20.4. The number of carbonyl (C=O) groups excluding carboxylic acids is 3. The van der Waals surface area contributed by atoms with Gasteiger partial charge in [-0.15, -0.1) is 0 Å². The van der Waals surface area contributed by atoms with E-state index in [1.54, 1.807) is 38.1 Å². The maximum Gasteiger partial charge on any atom is 0.349 e. The van der Waals surface area contributed by atoms with Crippen LogP contribution in [0.1, 0.15) is 50.8 Å². The Bertz CT molecular complexity index is 1340. The molecular formula is C33H35NO9. The number of carboxylic acid groups (broad SMARTS) is 2. The van der Waals surface area contributed by atoms with Crippen LogP contribution in [-0.2, 0) is 30.4 Å². The smallest absolute Gasteiger partial charge is 0.349 e. The highest BCUT2D eigenvalue weighted by molar-refractivity contribution is 5.95. The van der Waals surface area contributed by atoms with Gasteiger partial charge in [0, 0.05) is 32.0 Å². The summed E-state index contributed by atoms with van der Waals surface area (Å²) < 4.78 is 9.64. The van der Waals surface area contributed by atoms with Crippen LogP contribution < -0.4 is 0 Å². The van der Waals surface area contributed by atoms with Gasteiger partial charge in [-0.05, 0) is 43.7 Å². The molecule has 4 rings (SSSR count). The van der Waals surface area contributed by atoms with Gasteiger partial charge in [-0.3, -0.25) is 9.69 Å². The van der Waals surface area contributed by atoms with Gasteiger partial charge in [0.15, 0.2) is 0 Å². The molecule has 3 aromatic carbocycles. The zero-order chi connectivity index (χ0) is 31.5. The summed E-state index contributed by atoms with van der Waals surface area (Å²) in [7, 11) is 0. The lowest BCUT2D eigenvalue weighted by Gasteiger charge is -2.29. The molecule has 0 radical (unpaired) electrons. The Balaban J connectivity index is 0.000000282. The van der Waals surface area contributed by atoms with Gasteiger partial charge in [-0.25, -0.2) is 19.2 Å². The van der Waals surface area contributed by atoms with Crippen LogP contribution in [0.2, 0.25) is 0 Å². The van der Waals surface area contributed by atoms with Crippen LogP contribution in [0.3, 0.4) is 0 Å². The summed E-state index contributed by atoms with van der Waals surface area (Å²) in [4.78, 5) is 61.1. The number of hydrogen-bond donors (Lipinski definition) is 2. The number of rotatable bonds is 9. The molecule has 3 atom stereocenters. The zero-order valence-electron chi connectivity index (χ0n) is 24.3. The van der Waals surface area contributed by atoms with Crippen LogP contribution in [-0.4, -0.2) is 70.1 Å². The van der Waals surface area contributed by atoms with E-state index in [2.05, 4.69) is 29.2 Å². The molecule has 0 amide bonds. The number of carboxylic acids is 2. The lowest BCUT2D eigenvalue weighted by molar-refractivity contribution is -0.166. The highest BCUT2D eigenvalue weighted by Gasteiger charge is 2.41. The van der Waals surface area contributed by atoms with Crippen LogP contribution in [0, 0.1) is 19.8 Å².